The molecule has 0 aliphatic heterocycles. The van der Waals surface area contributed by atoms with E-state index in [0.717, 1.165) is 23.6 Å². The third-order valence-corrected chi connectivity index (χ3v) is 13.6. The van der Waals surface area contributed by atoms with Crippen LogP contribution in [0.4, 0.5) is 10.5 Å². The van der Waals surface area contributed by atoms with Crippen molar-refractivity contribution in [2.24, 2.45) is 17.6 Å². The van der Waals surface area contributed by atoms with Gasteiger partial charge in [0.15, 0.2) is 0 Å². The largest absolute Gasteiger partial charge is 0.481 e. The van der Waals surface area contributed by atoms with Crippen LogP contribution in [0, 0.1) is 22.0 Å². The van der Waals surface area contributed by atoms with Crippen molar-refractivity contribution in [3.63, 3.8) is 0 Å². The van der Waals surface area contributed by atoms with Crippen molar-refractivity contribution in [1.29, 1.82) is 0 Å². The maximum Gasteiger partial charge on any atom is 0.407 e. The van der Waals surface area contributed by atoms with Gasteiger partial charge in [-0.2, -0.15) is 0 Å². The van der Waals surface area contributed by atoms with Crippen LogP contribution >= 0.6 is 0 Å². The smallest absolute Gasteiger partial charge is 0.407 e. The topological polar surface area (TPSA) is 522 Å². The van der Waals surface area contributed by atoms with Crippen LogP contribution in [0.15, 0.2) is 42.5 Å². The zero-order chi connectivity index (χ0) is 66.8. The second-order valence-electron chi connectivity index (χ2n) is 21.9. The SMILES string of the molecule is CC(C)C[C@H](NC(=O)OCC1c2ccccc2-c2ccc([N+](=O)[O-])cc21)C(=O)N[C@H](C(=O)NCC(=O)N[C@@H](CCCCN)C(=O)N[C@@H](CO)C(=O)N[C@@H](CC(C)C)C(=O)N[C@@H](CCC(=O)O)C(=O)N[C@@H](C)C(=O)N[C@@H](CC(=O)O)C(=O)NCC(=O)O)[C@@H](C)O. The molecule has 0 heterocycles. The van der Waals surface area contributed by atoms with Crippen molar-refractivity contribution >= 4 is 82.9 Å². The molecule has 1 aliphatic rings. The number of amides is 10. The number of aliphatic hydroxyl groups is 2. The van der Waals surface area contributed by atoms with Crippen LogP contribution in [0.5, 0.6) is 0 Å². The molecule has 0 saturated heterocycles. The molecule has 0 bridgehead atoms. The number of unbranched alkanes of at least 4 members (excludes halogenated alkanes) is 1. The van der Waals surface area contributed by atoms with Gasteiger partial charge >= 0.3 is 24.0 Å². The molecule has 490 valence electrons. The van der Waals surface area contributed by atoms with Crippen LogP contribution in [-0.4, -0.2) is 195 Å². The quantitative estimate of drug-likeness (QED) is 0.0187. The number of fused-ring (bicyclic) bond motifs is 3. The second-order valence-corrected chi connectivity index (χ2v) is 21.9. The fourth-order valence-corrected chi connectivity index (χ4v) is 9.18. The number of carbonyl (C=O) groups excluding carboxylic acids is 10. The average Bonchev–Trinajstić information content (AvgIpc) is 1.73. The highest BCUT2D eigenvalue weighted by molar-refractivity contribution is 5.99. The number of ether oxygens (including phenoxy) is 1. The first kappa shape index (κ1) is 73.9. The summed E-state index contributed by atoms with van der Waals surface area (Å²) in [5.74, 6) is -15.3. The molecule has 17 N–H and O–H groups in total. The molecular weight excluding hydrogens is 1180 g/mol. The van der Waals surface area contributed by atoms with Crippen molar-refractivity contribution in [2.45, 2.75) is 153 Å². The van der Waals surface area contributed by atoms with E-state index in [1.54, 1.807) is 52.0 Å². The van der Waals surface area contributed by atoms with Gasteiger partial charge in [-0.1, -0.05) is 52.0 Å². The Hall–Kier alpha value is -9.37. The maximum absolute atomic E-state index is 13.8. The lowest BCUT2D eigenvalue weighted by Gasteiger charge is -2.27. The number of nitrogens with one attached hydrogen (secondary N) is 10. The minimum Gasteiger partial charge on any atom is -0.481 e. The van der Waals surface area contributed by atoms with Crippen molar-refractivity contribution < 1.29 is 97.5 Å². The zero-order valence-corrected chi connectivity index (χ0v) is 50.0. The van der Waals surface area contributed by atoms with Crippen LogP contribution in [-0.2, 0) is 62.3 Å². The minimum atomic E-state index is -1.81. The Kier molecular flexibility index (Phi) is 29.9. The molecule has 0 aromatic heterocycles. The number of alkyl carbamates (subject to hydrolysis) is 1. The van der Waals surface area contributed by atoms with Crippen molar-refractivity contribution in [3.8, 4) is 11.1 Å². The predicted octanol–water partition coefficient (Wildman–Crippen LogP) is -2.53. The molecule has 0 radical (unpaired) electrons. The van der Waals surface area contributed by atoms with Gasteiger partial charge in [0, 0.05) is 24.5 Å². The van der Waals surface area contributed by atoms with Crippen LogP contribution in [0.25, 0.3) is 11.1 Å². The Labute approximate surface area is 510 Å². The number of aliphatic carboxylic acids is 3. The van der Waals surface area contributed by atoms with Gasteiger partial charge in [-0.15, -0.1) is 0 Å². The number of nitro benzene ring substituents is 1. The van der Waals surface area contributed by atoms with Gasteiger partial charge in [-0.25, -0.2) is 4.79 Å². The van der Waals surface area contributed by atoms with E-state index in [0.29, 0.717) is 12.0 Å². The highest BCUT2D eigenvalue weighted by Gasteiger charge is 2.37. The lowest BCUT2D eigenvalue weighted by Crippen LogP contribution is -2.60. The lowest BCUT2D eigenvalue weighted by atomic mass is 9.97. The number of carboxylic acid groups (broad SMARTS) is 3. The molecule has 33 nitrogen and oxygen atoms in total. The Morgan fingerprint density at radius 3 is 1.70 bits per heavy atom. The Balaban J connectivity index is 1.69. The third-order valence-electron chi connectivity index (χ3n) is 13.6. The molecular formula is C56H80N12O21. The lowest BCUT2D eigenvalue weighted by molar-refractivity contribution is -0.384. The van der Waals surface area contributed by atoms with Crippen LogP contribution in [0.1, 0.15) is 110 Å². The molecule has 1 aliphatic carbocycles. The first-order valence-corrected chi connectivity index (χ1v) is 28.5. The molecule has 3 rings (SSSR count). The Morgan fingerprint density at radius 1 is 0.573 bits per heavy atom. The van der Waals surface area contributed by atoms with E-state index in [2.05, 4.69) is 47.9 Å². The highest BCUT2D eigenvalue weighted by Crippen LogP contribution is 2.46. The van der Waals surface area contributed by atoms with Crippen molar-refractivity contribution in [2.75, 3.05) is 32.8 Å². The molecule has 0 fully saturated rings. The fourth-order valence-electron chi connectivity index (χ4n) is 9.18. The van der Waals surface area contributed by atoms with E-state index in [1.165, 1.54) is 19.1 Å². The molecule has 1 unspecified atom stereocenters. The van der Waals surface area contributed by atoms with E-state index < -0.39 is 181 Å². The molecule has 0 spiro atoms. The molecule has 10 atom stereocenters. The first-order chi connectivity index (χ1) is 41.9. The summed E-state index contributed by atoms with van der Waals surface area (Å²) in [6.07, 6.45) is -4.55. The number of carbonyl (C=O) groups is 13. The van der Waals surface area contributed by atoms with Gasteiger partial charge in [0.1, 0.15) is 61.5 Å². The molecule has 89 heavy (non-hydrogen) atoms. The number of nitro groups is 1. The highest BCUT2D eigenvalue weighted by atomic mass is 16.6. The number of nitrogens with zero attached hydrogens (tertiary/aromatic N) is 1. The zero-order valence-electron chi connectivity index (χ0n) is 50.0. The van der Waals surface area contributed by atoms with Gasteiger partial charge in [0.25, 0.3) is 5.69 Å². The van der Waals surface area contributed by atoms with E-state index >= 15 is 0 Å². The number of carboxylic acids is 3. The van der Waals surface area contributed by atoms with E-state index in [4.69, 9.17) is 15.6 Å². The van der Waals surface area contributed by atoms with Crippen molar-refractivity contribution in [3.05, 3.63) is 63.7 Å². The standard InChI is InChI=1S/C56H80N12O21/c1-27(2)19-39(52(82)62-38(16-17-44(72)73)50(80)60-29(5)48(78)63-41(22-45(74)75)49(79)59-24-46(76)77)64-54(84)42(25-69)65-51(81)37(13-9-10-18-57)61-43(71)23-58-55(85)47(30(6)70)67-53(83)40(20-28(3)4)66-56(86)89-26-36-33-12-8-7-11-32(33)34-15-14-31(68(87)88)21-35(34)36/h7-8,11-12,14-15,21,27-30,36-42,47,69-70H,9-10,13,16-20,22-26,57H2,1-6H3,(H,58,85)(H,59,79)(H,60,80)(H,61,71)(H,62,82)(H,63,78)(H,64,84)(H,65,81)(H,66,86)(H,67,83)(H,72,73)(H,74,75)(H,76,77)/t29-,30+,36?,37-,38-,39-,40-,41-,42-,47-/m0/s1. The van der Waals surface area contributed by atoms with Gasteiger partial charge in [0.2, 0.25) is 53.2 Å². The second kappa shape index (κ2) is 36.1. The van der Waals surface area contributed by atoms with Gasteiger partial charge < -0.3 is 89.2 Å². The summed E-state index contributed by atoms with van der Waals surface area (Å²) >= 11 is 0. The van der Waals surface area contributed by atoms with Gasteiger partial charge in [0.05, 0.1) is 30.6 Å². The molecule has 10 amide bonds. The van der Waals surface area contributed by atoms with Gasteiger partial charge in [-0.05, 0) is 99.1 Å². The summed E-state index contributed by atoms with van der Waals surface area (Å²) < 4.78 is 5.58. The molecule has 2 aromatic rings. The summed E-state index contributed by atoms with van der Waals surface area (Å²) in [4.78, 5) is 179. The summed E-state index contributed by atoms with van der Waals surface area (Å²) in [6.45, 7) is 6.12. The number of hydrogen-bond acceptors (Lipinski definition) is 19. The van der Waals surface area contributed by atoms with Crippen LogP contribution in [0.2, 0.25) is 0 Å². The minimum absolute atomic E-state index is 0.0230. The first-order valence-electron chi connectivity index (χ1n) is 28.5. The number of benzene rings is 2. The number of rotatable bonds is 38. The molecule has 33 heteroatoms. The average molecular weight is 1260 g/mol. The Bertz CT molecular complexity index is 2910. The normalized spacial score (nSPS) is 15.2. The van der Waals surface area contributed by atoms with E-state index in [1.807, 2.05) is 11.4 Å². The monoisotopic (exact) mass is 1260 g/mol. The van der Waals surface area contributed by atoms with E-state index in [-0.39, 0.29) is 56.4 Å². The number of aliphatic hydroxyl groups excluding tert-OH is 2. The summed E-state index contributed by atoms with van der Waals surface area (Å²) in [6, 6.07) is -1.32. The molecule has 0 saturated carbocycles. The molecule has 2 aromatic carbocycles. The summed E-state index contributed by atoms with van der Waals surface area (Å²) in [7, 11) is 0. The fraction of sp³-hybridized carbons (Fsp3) is 0.554. The van der Waals surface area contributed by atoms with Crippen LogP contribution < -0.4 is 58.9 Å². The maximum atomic E-state index is 13.8. The Morgan fingerprint density at radius 2 is 1.11 bits per heavy atom. The number of non-ortho nitro benzene ring substituents is 1. The van der Waals surface area contributed by atoms with Crippen LogP contribution in [0.3, 0.4) is 0 Å². The number of hydrogen-bond donors (Lipinski definition) is 16. The van der Waals surface area contributed by atoms with Gasteiger partial charge in [-0.3, -0.25) is 67.6 Å². The number of nitrogens with two attached hydrogens (primary N) is 1. The van der Waals surface area contributed by atoms with Crippen molar-refractivity contribution in [1.82, 2.24) is 53.2 Å². The summed E-state index contributed by atoms with van der Waals surface area (Å²) in [5, 5.41) is 82.9. The van der Waals surface area contributed by atoms with E-state index in [9.17, 15) is 92.9 Å². The third kappa shape index (κ3) is 24.4. The summed E-state index contributed by atoms with van der Waals surface area (Å²) in [5.41, 5.74) is 8.34. The predicted molar refractivity (Wildman–Crippen MR) is 311 cm³/mol.